The Morgan fingerprint density at radius 3 is 2.68 bits per heavy atom. The number of piperazine rings is 1. The number of amides is 2. The van der Waals surface area contributed by atoms with Gasteiger partial charge in [0.25, 0.3) is 0 Å². The Labute approximate surface area is 148 Å². The lowest BCUT2D eigenvalue weighted by atomic mass is 9.91. The first-order valence-corrected chi connectivity index (χ1v) is 9.13. The number of carbonyl (C=O) groups is 2. The highest BCUT2D eigenvalue weighted by Crippen LogP contribution is 2.46. The molecule has 6 nitrogen and oxygen atoms in total. The molecule has 1 aromatic rings. The number of hydrogen-bond donors (Lipinski definition) is 1. The smallest absolute Gasteiger partial charge is 0.228 e. The van der Waals surface area contributed by atoms with Crippen LogP contribution in [-0.4, -0.2) is 60.9 Å². The molecule has 1 aromatic carbocycles. The van der Waals surface area contributed by atoms with Crippen molar-refractivity contribution >= 4 is 11.8 Å². The van der Waals surface area contributed by atoms with E-state index in [9.17, 15) is 9.59 Å². The molecule has 1 aliphatic carbocycles. The third-order valence-electron chi connectivity index (χ3n) is 5.48. The van der Waals surface area contributed by atoms with Crippen molar-refractivity contribution in [1.82, 2.24) is 15.1 Å². The first kappa shape index (κ1) is 16.4. The highest BCUT2D eigenvalue weighted by Gasteiger charge is 2.50. The van der Waals surface area contributed by atoms with Crippen LogP contribution in [0.2, 0.25) is 0 Å². The Morgan fingerprint density at radius 2 is 2.00 bits per heavy atom. The lowest BCUT2D eigenvalue weighted by molar-refractivity contribution is -0.137. The van der Waals surface area contributed by atoms with Gasteiger partial charge in [0.1, 0.15) is 5.75 Å². The van der Waals surface area contributed by atoms with E-state index in [-0.39, 0.29) is 23.8 Å². The second-order valence-electron chi connectivity index (χ2n) is 7.14. The number of likely N-dealkylation sites (tertiary alicyclic amines) is 1. The Hall–Kier alpha value is -2.08. The van der Waals surface area contributed by atoms with Crippen LogP contribution in [-0.2, 0) is 9.59 Å². The summed E-state index contributed by atoms with van der Waals surface area (Å²) in [7, 11) is 1.64. The summed E-state index contributed by atoms with van der Waals surface area (Å²) in [6, 6.07) is 7.95. The number of rotatable bonds is 4. The van der Waals surface area contributed by atoms with E-state index in [1.54, 1.807) is 7.11 Å². The van der Waals surface area contributed by atoms with Gasteiger partial charge in [-0.3, -0.25) is 9.59 Å². The summed E-state index contributed by atoms with van der Waals surface area (Å²) < 4.78 is 5.36. The molecule has 1 saturated carbocycles. The Balaban J connectivity index is 1.66. The van der Waals surface area contributed by atoms with Crippen LogP contribution in [0.1, 0.15) is 30.9 Å². The molecule has 0 aromatic heterocycles. The second-order valence-corrected chi connectivity index (χ2v) is 7.14. The molecule has 25 heavy (non-hydrogen) atoms. The number of nitrogens with one attached hydrogen (secondary N) is 1. The topological polar surface area (TPSA) is 61.9 Å². The standard InChI is InChI=1S/C19H25N3O3/c1-25-15-4-2-3-13(11-15)18-16(12-17(23)22(18)14-5-6-14)19(24)21-9-7-20-8-10-21/h2-4,11,14,16,18,20H,5-10,12H2,1H3. The number of nitrogens with zero attached hydrogens (tertiary/aromatic N) is 2. The number of ether oxygens (including phenoxy) is 1. The molecule has 2 aliphatic heterocycles. The summed E-state index contributed by atoms with van der Waals surface area (Å²) in [5.74, 6) is 0.703. The largest absolute Gasteiger partial charge is 0.497 e. The number of benzene rings is 1. The summed E-state index contributed by atoms with van der Waals surface area (Å²) >= 11 is 0. The molecule has 134 valence electrons. The molecule has 0 spiro atoms. The Kier molecular flexibility index (Phi) is 4.37. The van der Waals surface area contributed by atoms with Gasteiger partial charge < -0.3 is 19.9 Å². The summed E-state index contributed by atoms with van der Waals surface area (Å²) in [5.41, 5.74) is 1.01. The maximum atomic E-state index is 13.2. The molecule has 2 saturated heterocycles. The van der Waals surface area contributed by atoms with Gasteiger partial charge in [0.2, 0.25) is 11.8 Å². The molecule has 2 amide bonds. The van der Waals surface area contributed by atoms with Crippen molar-refractivity contribution in [3.05, 3.63) is 29.8 Å². The molecule has 4 rings (SSSR count). The molecule has 3 aliphatic rings. The number of hydrogen-bond acceptors (Lipinski definition) is 4. The summed E-state index contributed by atoms with van der Waals surface area (Å²) in [4.78, 5) is 29.8. The second kappa shape index (κ2) is 6.67. The van der Waals surface area contributed by atoms with Gasteiger partial charge in [0.15, 0.2) is 0 Å². The zero-order chi connectivity index (χ0) is 17.4. The fourth-order valence-electron chi connectivity index (χ4n) is 4.10. The van der Waals surface area contributed by atoms with Gasteiger partial charge >= 0.3 is 0 Å². The van der Waals surface area contributed by atoms with E-state index in [4.69, 9.17) is 4.74 Å². The molecule has 2 atom stereocenters. The molecular weight excluding hydrogens is 318 g/mol. The molecule has 0 radical (unpaired) electrons. The van der Waals surface area contributed by atoms with E-state index in [1.807, 2.05) is 34.1 Å². The quantitative estimate of drug-likeness (QED) is 0.892. The third kappa shape index (κ3) is 3.11. The van der Waals surface area contributed by atoms with Crippen molar-refractivity contribution < 1.29 is 14.3 Å². The van der Waals surface area contributed by atoms with Crippen molar-refractivity contribution in [2.75, 3.05) is 33.3 Å². The van der Waals surface area contributed by atoms with Gasteiger partial charge in [-0.25, -0.2) is 0 Å². The summed E-state index contributed by atoms with van der Waals surface area (Å²) in [6.45, 7) is 3.08. The fraction of sp³-hybridized carbons (Fsp3) is 0.579. The number of carbonyl (C=O) groups excluding carboxylic acids is 2. The minimum atomic E-state index is -0.293. The van der Waals surface area contributed by atoms with Crippen LogP contribution < -0.4 is 10.1 Å². The van der Waals surface area contributed by atoms with Crippen LogP contribution in [0.4, 0.5) is 0 Å². The minimum absolute atomic E-state index is 0.115. The van der Waals surface area contributed by atoms with Gasteiger partial charge in [-0.1, -0.05) is 12.1 Å². The zero-order valence-corrected chi connectivity index (χ0v) is 14.6. The van der Waals surface area contributed by atoms with E-state index >= 15 is 0 Å². The monoisotopic (exact) mass is 343 g/mol. The van der Waals surface area contributed by atoms with Crippen LogP contribution >= 0.6 is 0 Å². The van der Waals surface area contributed by atoms with Gasteiger partial charge in [0, 0.05) is 38.6 Å². The molecule has 1 N–H and O–H groups in total. The maximum Gasteiger partial charge on any atom is 0.228 e. The first-order valence-electron chi connectivity index (χ1n) is 9.13. The van der Waals surface area contributed by atoms with Gasteiger partial charge in [-0.05, 0) is 30.5 Å². The van der Waals surface area contributed by atoms with Crippen LogP contribution in [0.3, 0.4) is 0 Å². The van der Waals surface area contributed by atoms with Crippen LogP contribution in [0.15, 0.2) is 24.3 Å². The lowest BCUT2D eigenvalue weighted by Gasteiger charge is -2.33. The molecule has 2 heterocycles. The third-order valence-corrected chi connectivity index (χ3v) is 5.48. The first-order chi connectivity index (χ1) is 12.2. The van der Waals surface area contributed by atoms with Gasteiger partial charge in [-0.15, -0.1) is 0 Å². The normalized spacial score (nSPS) is 26.8. The van der Waals surface area contributed by atoms with Crippen molar-refractivity contribution in [1.29, 1.82) is 0 Å². The summed E-state index contributed by atoms with van der Waals surface area (Å²) in [5, 5.41) is 3.28. The average Bonchev–Trinajstić information content (AvgIpc) is 3.44. The lowest BCUT2D eigenvalue weighted by Crippen LogP contribution is -2.49. The fourth-order valence-corrected chi connectivity index (χ4v) is 4.10. The minimum Gasteiger partial charge on any atom is -0.497 e. The maximum absolute atomic E-state index is 13.2. The molecule has 3 fully saturated rings. The molecular formula is C19H25N3O3. The SMILES string of the molecule is COc1cccc(C2C(C(=O)N3CCNCC3)CC(=O)N2C2CC2)c1. The Morgan fingerprint density at radius 1 is 1.24 bits per heavy atom. The predicted molar refractivity (Wildman–Crippen MR) is 93.2 cm³/mol. The van der Waals surface area contributed by atoms with E-state index < -0.39 is 0 Å². The highest BCUT2D eigenvalue weighted by molar-refractivity contribution is 5.91. The van der Waals surface area contributed by atoms with Crippen molar-refractivity contribution in [3.63, 3.8) is 0 Å². The number of methoxy groups -OCH3 is 1. The summed E-state index contributed by atoms with van der Waals surface area (Å²) in [6.07, 6.45) is 2.41. The predicted octanol–water partition coefficient (Wildman–Crippen LogP) is 1.18. The highest BCUT2D eigenvalue weighted by atomic mass is 16.5. The zero-order valence-electron chi connectivity index (χ0n) is 14.6. The van der Waals surface area contributed by atoms with Crippen LogP contribution in [0.25, 0.3) is 0 Å². The molecule has 6 heteroatoms. The average molecular weight is 343 g/mol. The van der Waals surface area contributed by atoms with E-state index in [2.05, 4.69) is 5.32 Å². The van der Waals surface area contributed by atoms with Gasteiger partial charge in [0.05, 0.1) is 19.1 Å². The van der Waals surface area contributed by atoms with Crippen LogP contribution in [0, 0.1) is 5.92 Å². The van der Waals surface area contributed by atoms with Crippen molar-refractivity contribution in [2.45, 2.75) is 31.3 Å². The van der Waals surface area contributed by atoms with Crippen molar-refractivity contribution in [2.24, 2.45) is 5.92 Å². The van der Waals surface area contributed by atoms with E-state index in [0.29, 0.717) is 12.5 Å². The van der Waals surface area contributed by atoms with Gasteiger partial charge in [-0.2, -0.15) is 0 Å². The molecule has 2 unspecified atom stereocenters. The molecule has 0 bridgehead atoms. The van der Waals surface area contributed by atoms with E-state index in [0.717, 1.165) is 50.3 Å². The van der Waals surface area contributed by atoms with Crippen LogP contribution in [0.5, 0.6) is 5.75 Å². The van der Waals surface area contributed by atoms with Crippen molar-refractivity contribution in [3.8, 4) is 5.75 Å². The Bertz CT molecular complexity index is 668. The van der Waals surface area contributed by atoms with E-state index in [1.165, 1.54) is 0 Å².